The molecular formula is C11H13N3O2. The van der Waals surface area contributed by atoms with Gasteiger partial charge in [-0.3, -0.25) is 0 Å². The Morgan fingerprint density at radius 2 is 2.25 bits per heavy atom. The summed E-state index contributed by atoms with van der Waals surface area (Å²) in [6.07, 6.45) is 0. The van der Waals surface area contributed by atoms with Gasteiger partial charge >= 0.3 is 5.97 Å². The topological polar surface area (TPSA) is 68.0 Å². The molecule has 0 unspecified atom stereocenters. The average molecular weight is 219 g/mol. The standard InChI is InChI=1S/C11H13N3O2/c1-7(2)6-14-10-8(11(15)16)4-3-5-9(10)12-13-14/h3-5,7H,6H2,1-2H3,(H,15,16). The number of fused-ring (bicyclic) bond motifs is 1. The van der Waals surface area contributed by atoms with Crippen LogP contribution in [0.25, 0.3) is 11.0 Å². The number of carbonyl (C=O) groups is 1. The molecule has 0 amide bonds. The van der Waals surface area contributed by atoms with Crippen LogP contribution >= 0.6 is 0 Å². The van der Waals surface area contributed by atoms with Crippen LogP contribution in [0.4, 0.5) is 0 Å². The number of nitrogens with zero attached hydrogens (tertiary/aromatic N) is 3. The molecule has 1 N–H and O–H groups in total. The second-order valence-corrected chi connectivity index (χ2v) is 4.14. The molecule has 0 aliphatic heterocycles. The van der Waals surface area contributed by atoms with E-state index in [1.807, 2.05) is 0 Å². The van der Waals surface area contributed by atoms with E-state index >= 15 is 0 Å². The van der Waals surface area contributed by atoms with E-state index in [9.17, 15) is 4.79 Å². The third-order valence-corrected chi connectivity index (χ3v) is 2.30. The summed E-state index contributed by atoms with van der Waals surface area (Å²) in [5.41, 5.74) is 1.48. The van der Waals surface area contributed by atoms with Gasteiger partial charge in [0, 0.05) is 6.54 Å². The summed E-state index contributed by atoms with van der Waals surface area (Å²) < 4.78 is 1.66. The van der Waals surface area contributed by atoms with E-state index in [0.29, 0.717) is 23.5 Å². The molecule has 84 valence electrons. The molecule has 5 heteroatoms. The summed E-state index contributed by atoms with van der Waals surface area (Å²) in [7, 11) is 0. The predicted molar refractivity (Wildman–Crippen MR) is 59.3 cm³/mol. The number of hydrogen-bond acceptors (Lipinski definition) is 3. The average Bonchev–Trinajstić information content (AvgIpc) is 2.60. The van der Waals surface area contributed by atoms with Crippen LogP contribution in [0.2, 0.25) is 0 Å². The van der Waals surface area contributed by atoms with Crippen molar-refractivity contribution in [2.75, 3.05) is 0 Å². The minimum Gasteiger partial charge on any atom is -0.478 e. The van der Waals surface area contributed by atoms with E-state index in [1.54, 1.807) is 22.9 Å². The van der Waals surface area contributed by atoms with Gasteiger partial charge in [-0.05, 0) is 18.1 Å². The van der Waals surface area contributed by atoms with Crippen LogP contribution in [-0.2, 0) is 6.54 Å². The molecule has 0 atom stereocenters. The molecule has 0 radical (unpaired) electrons. The van der Waals surface area contributed by atoms with Crippen molar-refractivity contribution in [2.24, 2.45) is 5.92 Å². The van der Waals surface area contributed by atoms with E-state index in [4.69, 9.17) is 5.11 Å². The Bertz CT molecular complexity index is 531. The second kappa shape index (κ2) is 3.92. The molecule has 5 nitrogen and oxygen atoms in total. The van der Waals surface area contributed by atoms with Crippen molar-refractivity contribution in [3.63, 3.8) is 0 Å². The molecule has 0 aliphatic carbocycles. The Labute approximate surface area is 92.7 Å². The lowest BCUT2D eigenvalue weighted by atomic mass is 10.1. The number of carboxylic acid groups (broad SMARTS) is 1. The van der Waals surface area contributed by atoms with E-state index in [0.717, 1.165) is 0 Å². The molecule has 0 saturated heterocycles. The molecule has 0 spiro atoms. The Morgan fingerprint density at radius 3 is 2.88 bits per heavy atom. The first-order valence-electron chi connectivity index (χ1n) is 5.15. The summed E-state index contributed by atoms with van der Waals surface area (Å²) >= 11 is 0. The van der Waals surface area contributed by atoms with Gasteiger partial charge in [0.25, 0.3) is 0 Å². The van der Waals surface area contributed by atoms with Gasteiger partial charge in [0.2, 0.25) is 0 Å². The van der Waals surface area contributed by atoms with Crippen LogP contribution in [0.3, 0.4) is 0 Å². The van der Waals surface area contributed by atoms with Crippen LogP contribution in [-0.4, -0.2) is 26.1 Å². The van der Waals surface area contributed by atoms with E-state index < -0.39 is 5.97 Å². The minimum atomic E-state index is -0.946. The van der Waals surface area contributed by atoms with E-state index in [-0.39, 0.29) is 5.56 Å². The highest BCUT2D eigenvalue weighted by Gasteiger charge is 2.14. The molecular weight excluding hydrogens is 206 g/mol. The molecule has 0 fully saturated rings. The van der Waals surface area contributed by atoms with Crippen molar-refractivity contribution in [1.29, 1.82) is 0 Å². The fourth-order valence-electron chi connectivity index (χ4n) is 1.68. The van der Waals surface area contributed by atoms with Gasteiger partial charge in [-0.2, -0.15) is 0 Å². The molecule has 0 bridgehead atoms. The normalized spacial score (nSPS) is 11.2. The monoisotopic (exact) mass is 219 g/mol. The van der Waals surface area contributed by atoms with Crippen molar-refractivity contribution in [2.45, 2.75) is 20.4 Å². The highest BCUT2D eigenvalue weighted by Crippen LogP contribution is 2.17. The Morgan fingerprint density at radius 1 is 1.50 bits per heavy atom. The number of aromatic nitrogens is 3. The number of benzene rings is 1. The summed E-state index contributed by atoms with van der Waals surface area (Å²) in [4.78, 5) is 11.1. The van der Waals surface area contributed by atoms with Crippen LogP contribution in [0.15, 0.2) is 18.2 Å². The van der Waals surface area contributed by atoms with E-state index in [1.165, 1.54) is 0 Å². The van der Waals surface area contributed by atoms with Gasteiger partial charge in [-0.15, -0.1) is 5.10 Å². The van der Waals surface area contributed by atoms with Crippen molar-refractivity contribution in [3.05, 3.63) is 23.8 Å². The molecule has 16 heavy (non-hydrogen) atoms. The zero-order chi connectivity index (χ0) is 11.7. The van der Waals surface area contributed by atoms with Crippen molar-refractivity contribution in [1.82, 2.24) is 15.0 Å². The molecule has 0 saturated carbocycles. The van der Waals surface area contributed by atoms with Crippen molar-refractivity contribution < 1.29 is 9.90 Å². The largest absolute Gasteiger partial charge is 0.478 e. The van der Waals surface area contributed by atoms with Crippen LogP contribution in [0.5, 0.6) is 0 Å². The Kier molecular flexibility index (Phi) is 2.60. The van der Waals surface area contributed by atoms with Crippen molar-refractivity contribution >= 4 is 17.0 Å². The molecule has 0 aliphatic rings. The summed E-state index contributed by atoms with van der Waals surface area (Å²) in [6.45, 7) is 4.77. The smallest absolute Gasteiger partial charge is 0.337 e. The molecule has 2 rings (SSSR count). The lowest BCUT2D eigenvalue weighted by Crippen LogP contribution is -2.09. The maximum absolute atomic E-state index is 11.1. The minimum absolute atomic E-state index is 0.253. The third kappa shape index (κ3) is 1.76. The van der Waals surface area contributed by atoms with Crippen LogP contribution in [0.1, 0.15) is 24.2 Å². The third-order valence-electron chi connectivity index (χ3n) is 2.30. The number of rotatable bonds is 3. The highest BCUT2D eigenvalue weighted by atomic mass is 16.4. The van der Waals surface area contributed by atoms with Crippen LogP contribution < -0.4 is 0 Å². The first-order valence-corrected chi connectivity index (χ1v) is 5.15. The molecule has 2 aromatic rings. The van der Waals surface area contributed by atoms with Gasteiger partial charge in [0.1, 0.15) is 11.0 Å². The zero-order valence-electron chi connectivity index (χ0n) is 9.21. The summed E-state index contributed by atoms with van der Waals surface area (Å²) in [5.74, 6) is -0.551. The first kappa shape index (κ1) is 10.6. The molecule has 1 aromatic carbocycles. The second-order valence-electron chi connectivity index (χ2n) is 4.14. The van der Waals surface area contributed by atoms with Gasteiger partial charge in [-0.1, -0.05) is 25.1 Å². The van der Waals surface area contributed by atoms with Gasteiger partial charge in [0.15, 0.2) is 0 Å². The summed E-state index contributed by atoms with van der Waals surface area (Å²) in [5, 5.41) is 17.0. The predicted octanol–water partition coefficient (Wildman–Crippen LogP) is 1.79. The Balaban J connectivity index is 2.63. The van der Waals surface area contributed by atoms with Crippen molar-refractivity contribution in [3.8, 4) is 0 Å². The maximum atomic E-state index is 11.1. The van der Waals surface area contributed by atoms with Gasteiger partial charge in [-0.25, -0.2) is 9.48 Å². The fourth-order valence-corrected chi connectivity index (χ4v) is 1.68. The van der Waals surface area contributed by atoms with Gasteiger partial charge in [0.05, 0.1) is 5.56 Å². The number of aromatic carboxylic acids is 1. The Hall–Kier alpha value is -1.91. The quantitative estimate of drug-likeness (QED) is 0.854. The van der Waals surface area contributed by atoms with Gasteiger partial charge < -0.3 is 5.11 Å². The number of carboxylic acids is 1. The highest BCUT2D eigenvalue weighted by molar-refractivity contribution is 6.00. The molecule has 1 heterocycles. The first-order chi connectivity index (χ1) is 7.59. The fraction of sp³-hybridized carbons (Fsp3) is 0.364. The zero-order valence-corrected chi connectivity index (χ0v) is 9.21. The van der Waals surface area contributed by atoms with E-state index in [2.05, 4.69) is 24.2 Å². The number of para-hydroxylation sites is 1. The summed E-state index contributed by atoms with van der Waals surface area (Å²) in [6, 6.07) is 5.02. The lowest BCUT2D eigenvalue weighted by Gasteiger charge is -2.06. The maximum Gasteiger partial charge on any atom is 0.337 e. The molecule has 1 aromatic heterocycles. The van der Waals surface area contributed by atoms with Crippen LogP contribution in [0, 0.1) is 5.92 Å². The number of hydrogen-bond donors (Lipinski definition) is 1. The SMILES string of the molecule is CC(C)Cn1nnc2cccc(C(=O)O)c21. The lowest BCUT2D eigenvalue weighted by molar-refractivity contribution is 0.0698.